The molecule has 0 atom stereocenters. The molecule has 0 aromatic heterocycles. The lowest BCUT2D eigenvalue weighted by Crippen LogP contribution is -2.31. The van der Waals surface area contributed by atoms with Gasteiger partial charge in [0.2, 0.25) is 0 Å². The fraction of sp³-hybridized carbons (Fsp3) is 0.538. The van der Waals surface area contributed by atoms with E-state index in [-0.39, 0.29) is 5.82 Å². The van der Waals surface area contributed by atoms with Crippen LogP contribution in [0.15, 0.2) is 22.7 Å². The van der Waals surface area contributed by atoms with Crippen molar-refractivity contribution in [1.29, 1.82) is 0 Å². The molecule has 18 heavy (non-hydrogen) atoms. The smallest absolute Gasteiger partial charge is 0.137 e. The van der Waals surface area contributed by atoms with Crippen molar-refractivity contribution in [2.45, 2.75) is 6.54 Å². The van der Waals surface area contributed by atoms with Gasteiger partial charge in [-0.1, -0.05) is 12.1 Å². The predicted octanol–water partition coefficient (Wildman–Crippen LogP) is 2.26. The summed E-state index contributed by atoms with van der Waals surface area (Å²) in [5.41, 5.74) is 0.939. The summed E-state index contributed by atoms with van der Waals surface area (Å²) in [4.78, 5) is 2.19. The molecule has 0 fully saturated rings. The second-order valence-corrected chi connectivity index (χ2v) is 4.98. The van der Waals surface area contributed by atoms with E-state index in [0.29, 0.717) is 11.0 Å². The van der Waals surface area contributed by atoms with E-state index in [1.165, 1.54) is 6.07 Å². The lowest BCUT2D eigenvalue weighted by Gasteiger charge is -2.16. The summed E-state index contributed by atoms with van der Waals surface area (Å²) >= 11 is 3.25. The summed E-state index contributed by atoms with van der Waals surface area (Å²) in [5, 5.41) is 3.30. The molecule has 1 aromatic carbocycles. The van der Waals surface area contributed by atoms with Crippen LogP contribution in [0.1, 0.15) is 5.56 Å². The van der Waals surface area contributed by atoms with Crippen molar-refractivity contribution < 1.29 is 9.13 Å². The fourth-order valence-corrected chi connectivity index (χ4v) is 1.94. The van der Waals surface area contributed by atoms with Gasteiger partial charge in [0.15, 0.2) is 0 Å². The van der Waals surface area contributed by atoms with Gasteiger partial charge in [0, 0.05) is 33.3 Å². The Morgan fingerprint density at radius 2 is 2.17 bits per heavy atom. The lowest BCUT2D eigenvalue weighted by atomic mass is 10.2. The van der Waals surface area contributed by atoms with Gasteiger partial charge in [-0.3, -0.25) is 0 Å². The van der Waals surface area contributed by atoms with E-state index in [1.54, 1.807) is 13.2 Å². The number of halogens is 2. The first kappa shape index (κ1) is 15.6. The van der Waals surface area contributed by atoms with Crippen LogP contribution in [0.3, 0.4) is 0 Å². The molecule has 0 amide bonds. The first-order chi connectivity index (χ1) is 8.65. The second kappa shape index (κ2) is 8.58. The zero-order chi connectivity index (χ0) is 13.4. The monoisotopic (exact) mass is 318 g/mol. The van der Waals surface area contributed by atoms with Crippen LogP contribution in [0.25, 0.3) is 0 Å². The third-order valence-electron chi connectivity index (χ3n) is 2.69. The minimum Gasteiger partial charge on any atom is -0.383 e. The number of nitrogens with one attached hydrogen (secondary N) is 1. The van der Waals surface area contributed by atoms with Gasteiger partial charge in [-0.25, -0.2) is 4.39 Å². The number of benzene rings is 1. The van der Waals surface area contributed by atoms with E-state index < -0.39 is 0 Å². The summed E-state index contributed by atoms with van der Waals surface area (Å²) < 4.78 is 18.8. The van der Waals surface area contributed by atoms with E-state index in [9.17, 15) is 4.39 Å². The molecule has 0 aliphatic rings. The van der Waals surface area contributed by atoms with Gasteiger partial charge in [-0.2, -0.15) is 0 Å². The molecule has 1 rings (SSSR count). The summed E-state index contributed by atoms with van der Waals surface area (Å²) in [6, 6.07) is 5.09. The predicted molar refractivity (Wildman–Crippen MR) is 75.2 cm³/mol. The minimum absolute atomic E-state index is 0.216. The molecule has 3 nitrogen and oxygen atoms in total. The molecule has 5 heteroatoms. The molecule has 102 valence electrons. The highest BCUT2D eigenvalue weighted by atomic mass is 79.9. The van der Waals surface area contributed by atoms with Crippen LogP contribution in [-0.4, -0.2) is 45.3 Å². The van der Waals surface area contributed by atoms with Crippen LogP contribution in [0, 0.1) is 5.82 Å². The van der Waals surface area contributed by atoms with Crippen LogP contribution >= 0.6 is 15.9 Å². The maximum atomic E-state index is 13.3. The fourth-order valence-electron chi connectivity index (χ4n) is 1.54. The number of ether oxygens (including phenoxy) is 1. The van der Waals surface area contributed by atoms with Crippen LogP contribution in [0.2, 0.25) is 0 Å². The Kier molecular flexibility index (Phi) is 7.42. The number of nitrogens with zero attached hydrogens (tertiary/aromatic N) is 1. The van der Waals surface area contributed by atoms with Gasteiger partial charge >= 0.3 is 0 Å². The quantitative estimate of drug-likeness (QED) is 0.744. The van der Waals surface area contributed by atoms with E-state index >= 15 is 0 Å². The third kappa shape index (κ3) is 5.44. The van der Waals surface area contributed by atoms with Gasteiger partial charge in [0.05, 0.1) is 11.1 Å². The highest BCUT2D eigenvalue weighted by Crippen LogP contribution is 2.19. The molecule has 1 N–H and O–H groups in total. The van der Waals surface area contributed by atoms with Crippen molar-refractivity contribution in [2.24, 2.45) is 0 Å². The zero-order valence-corrected chi connectivity index (χ0v) is 12.5. The second-order valence-electron chi connectivity index (χ2n) is 4.19. The van der Waals surface area contributed by atoms with Crippen LogP contribution < -0.4 is 5.32 Å². The summed E-state index contributed by atoms with van der Waals surface area (Å²) in [7, 11) is 3.76. The van der Waals surface area contributed by atoms with E-state index in [1.807, 2.05) is 6.07 Å². The van der Waals surface area contributed by atoms with Crippen LogP contribution in [0.4, 0.5) is 4.39 Å². The molecule has 0 saturated heterocycles. The van der Waals surface area contributed by atoms with Crippen molar-refractivity contribution >= 4 is 15.9 Å². The van der Waals surface area contributed by atoms with Crippen molar-refractivity contribution in [1.82, 2.24) is 10.2 Å². The van der Waals surface area contributed by atoms with Gasteiger partial charge in [-0.05, 0) is 34.6 Å². The number of methoxy groups -OCH3 is 1. The Bertz CT molecular complexity index is 363. The largest absolute Gasteiger partial charge is 0.383 e. The highest BCUT2D eigenvalue weighted by Gasteiger charge is 2.04. The lowest BCUT2D eigenvalue weighted by molar-refractivity contribution is 0.161. The molecule has 0 radical (unpaired) electrons. The van der Waals surface area contributed by atoms with E-state index in [4.69, 9.17) is 4.74 Å². The Labute approximate surface area is 116 Å². The SMILES string of the molecule is COCCN(C)CCNCc1cccc(F)c1Br. The molecule has 0 saturated carbocycles. The summed E-state index contributed by atoms with van der Waals surface area (Å²) in [5.74, 6) is -0.216. The Balaban J connectivity index is 2.23. The van der Waals surface area contributed by atoms with Crippen molar-refractivity contribution in [3.05, 3.63) is 34.1 Å². The molecule has 0 unspecified atom stereocenters. The maximum Gasteiger partial charge on any atom is 0.137 e. The normalized spacial score (nSPS) is 11.2. The zero-order valence-electron chi connectivity index (χ0n) is 10.9. The average Bonchev–Trinajstić information content (AvgIpc) is 2.37. The average molecular weight is 319 g/mol. The third-order valence-corrected chi connectivity index (χ3v) is 3.58. The first-order valence-electron chi connectivity index (χ1n) is 5.96. The van der Waals surface area contributed by atoms with Crippen molar-refractivity contribution in [3.8, 4) is 0 Å². The number of hydrogen-bond donors (Lipinski definition) is 1. The standard InChI is InChI=1S/C13H20BrFN2O/c1-17(8-9-18-2)7-6-16-10-11-4-3-5-12(15)13(11)14/h3-5,16H,6-10H2,1-2H3. The molecule has 0 aliphatic heterocycles. The van der Waals surface area contributed by atoms with Gasteiger partial charge in [-0.15, -0.1) is 0 Å². The molecular weight excluding hydrogens is 299 g/mol. The number of likely N-dealkylation sites (N-methyl/N-ethyl adjacent to an activating group) is 1. The summed E-state index contributed by atoms with van der Waals surface area (Å²) in [6.45, 7) is 4.13. The van der Waals surface area contributed by atoms with Crippen LogP contribution in [0.5, 0.6) is 0 Å². The van der Waals surface area contributed by atoms with Gasteiger partial charge < -0.3 is 15.0 Å². The van der Waals surface area contributed by atoms with Gasteiger partial charge in [0.25, 0.3) is 0 Å². The molecule has 0 bridgehead atoms. The van der Waals surface area contributed by atoms with Crippen LogP contribution in [-0.2, 0) is 11.3 Å². The number of rotatable bonds is 8. The van der Waals surface area contributed by atoms with E-state index in [0.717, 1.165) is 31.8 Å². The Hall–Kier alpha value is -0.490. The van der Waals surface area contributed by atoms with E-state index in [2.05, 4.69) is 33.2 Å². The highest BCUT2D eigenvalue weighted by molar-refractivity contribution is 9.10. The van der Waals surface area contributed by atoms with Crippen molar-refractivity contribution in [2.75, 3.05) is 40.4 Å². The first-order valence-corrected chi connectivity index (χ1v) is 6.75. The molecule has 0 spiro atoms. The Morgan fingerprint density at radius 3 is 2.89 bits per heavy atom. The van der Waals surface area contributed by atoms with Gasteiger partial charge in [0.1, 0.15) is 5.82 Å². The summed E-state index contributed by atoms with van der Waals surface area (Å²) in [6.07, 6.45) is 0. The minimum atomic E-state index is -0.216. The van der Waals surface area contributed by atoms with Crippen molar-refractivity contribution in [3.63, 3.8) is 0 Å². The maximum absolute atomic E-state index is 13.3. The molecule has 0 heterocycles. The molecule has 1 aromatic rings. The Morgan fingerprint density at radius 1 is 1.39 bits per heavy atom. The molecular formula is C13H20BrFN2O. The topological polar surface area (TPSA) is 24.5 Å². The number of hydrogen-bond acceptors (Lipinski definition) is 3. The molecule has 0 aliphatic carbocycles.